The highest BCUT2D eigenvalue weighted by molar-refractivity contribution is 7.93. The Balaban J connectivity index is 0.000000165. The summed E-state index contributed by atoms with van der Waals surface area (Å²) < 4.78 is 134. The molecule has 2 aromatic heterocycles. The summed E-state index contributed by atoms with van der Waals surface area (Å²) in [6.07, 6.45) is -0.144. The number of hydrogen-bond donors (Lipinski definition) is 2. The molecule has 0 atom stereocenters. The van der Waals surface area contributed by atoms with E-state index in [0.29, 0.717) is 48.9 Å². The Bertz CT molecular complexity index is 2930. The lowest BCUT2D eigenvalue weighted by molar-refractivity contribution is 0.0321. The number of nitrogens with zero attached hydrogens (tertiary/aromatic N) is 2. The van der Waals surface area contributed by atoms with E-state index in [1.54, 1.807) is 18.2 Å². The molecule has 3 aliphatic rings. The Labute approximate surface area is 397 Å². The number of ether oxygens (including phenoxy) is 3. The van der Waals surface area contributed by atoms with Crippen LogP contribution in [0, 0.1) is 0 Å². The lowest BCUT2D eigenvalue weighted by Crippen LogP contribution is -2.39. The number of rotatable bonds is 6. The van der Waals surface area contributed by atoms with Gasteiger partial charge in [0.05, 0.1) is 52.4 Å². The van der Waals surface area contributed by atoms with Gasteiger partial charge in [-0.05, 0) is 49.2 Å². The minimum Gasteiger partial charge on any atom is -0.504 e. The summed E-state index contributed by atoms with van der Waals surface area (Å²) in [4.78, 5) is 7.84. The fraction of sp³-hybridized carbons (Fsp3) is 0.535. The minimum atomic E-state index is -4.45. The van der Waals surface area contributed by atoms with Crippen LogP contribution < -0.4 is 5.73 Å². The Morgan fingerprint density at radius 2 is 0.970 bits per heavy atom. The molecule has 5 heterocycles. The van der Waals surface area contributed by atoms with Crippen molar-refractivity contribution in [1.29, 1.82) is 0 Å². The quantitative estimate of drug-likeness (QED) is 0.119. The van der Waals surface area contributed by atoms with Crippen LogP contribution in [0.5, 0.6) is 5.75 Å². The van der Waals surface area contributed by atoms with Crippen molar-refractivity contribution >= 4 is 92.2 Å². The van der Waals surface area contributed by atoms with Crippen LogP contribution in [0.2, 0.25) is 15.1 Å². The van der Waals surface area contributed by atoms with E-state index in [2.05, 4.69) is 9.97 Å². The van der Waals surface area contributed by atoms with Gasteiger partial charge in [-0.25, -0.2) is 44.0 Å². The molecule has 0 spiro atoms. The molecule has 0 saturated carbocycles. The SMILES string of the molecule is CC(C)(C)c1nc2ccc(Cl)c(S(=O)(=O)C3(F)CCOCC3)c2o1.CC(C)(C)c1nc2ccc(Cl)c(S(=O)(=O)C3CCOCC3)c2o1.Nc1ccc(Cl)c(S(=O)(=O)C2(F)CCOCC2)c1O. The molecule has 0 unspecified atom stereocenters. The second-order valence-corrected chi connectivity index (χ2v) is 25.8. The Hall–Kier alpha value is -3.34. The third-order valence-corrected chi connectivity index (χ3v) is 19.4. The van der Waals surface area contributed by atoms with E-state index in [9.17, 15) is 34.8 Å². The maximum absolute atomic E-state index is 15.2. The zero-order chi connectivity index (χ0) is 48.8. The number of anilines is 1. The highest BCUT2D eigenvalue weighted by atomic mass is 35.5. The zero-order valence-corrected chi connectivity index (χ0v) is 41.8. The monoisotopic (exact) mass is 1040 g/mol. The topological polar surface area (TPSA) is 228 Å². The number of benzene rings is 3. The molecule has 0 bridgehead atoms. The van der Waals surface area contributed by atoms with E-state index in [1.807, 2.05) is 41.5 Å². The lowest BCUT2D eigenvalue weighted by Gasteiger charge is -2.29. The molecule has 5 aromatic rings. The van der Waals surface area contributed by atoms with Gasteiger partial charge in [0, 0.05) is 49.7 Å². The Kier molecular flexibility index (Phi) is 15.2. The number of phenolic OH excluding ortho intramolecular Hbond substituents is 1. The van der Waals surface area contributed by atoms with Crippen molar-refractivity contribution in [1.82, 2.24) is 9.97 Å². The van der Waals surface area contributed by atoms with Crippen LogP contribution in [-0.4, -0.2) is 95.2 Å². The summed E-state index contributed by atoms with van der Waals surface area (Å²) in [6.45, 7) is 12.5. The first-order valence-corrected chi connectivity index (χ1v) is 26.5. The second-order valence-electron chi connectivity index (χ2n) is 18.2. The van der Waals surface area contributed by atoms with E-state index in [-0.39, 0.29) is 99.2 Å². The molecule has 3 aromatic carbocycles. The van der Waals surface area contributed by atoms with E-state index in [1.165, 1.54) is 18.2 Å². The molecule has 0 aliphatic carbocycles. The minimum absolute atomic E-state index is 0.00354. The van der Waals surface area contributed by atoms with Gasteiger partial charge in [0.2, 0.25) is 41.5 Å². The van der Waals surface area contributed by atoms with Crippen molar-refractivity contribution in [2.45, 2.75) is 121 Å². The molecule has 0 radical (unpaired) electrons. The highest BCUT2D eigenvalue weighted by Gasteiger charge is 2.50. The van der Waals surface area contributed by atoms with Crippen molar-refractivity contribution in [3.8, 4) is 5.75 Å². The number of aromatic nitrogens is 2. The molecular formula is C43H52Cl3F2N3O12S3. The van der Waals surface area contributed by atoms with E-state index in [0.717, 1.165) is 0 Å². The van der Waals surface area contributed by atoms with Crippen LogP contribution in [0.25, 0.3) is 22.2 Å². The number of hydrogen-bond acceptors (Lipinski definition) is 15. The molecule has 23 heteroatoms. The van der Waals surface area contributed by atoms with Crippen molar-refractivity contribution in [3.05, 3.63) is 63.2 Å². The van der Waals surface area contributed by atoms with Crippen LogP contribution >= 0.6 is 34.8 Å². The maximum Gasteiger partial charge on any atom is 0.219 e. The van der Waals surface area contributed by atoms with Gasteiger partial charge < -0.3 is 33.9 Å². The zero-order valence-electron chi connectivity index (χ0n) is 37.1. The number of nitrogens with two attached hydrogens (primary N) is 1. The number of oxazole rings is 2. The summed E-state index contributed by atoms with van der Waals surface area (Å²) >= 11 is 18.1. The smallest absolute Gasteiger partial charge is 0.219 e. The van der Waals surface area contributed by atoms with Gasteiger partial charge in [-0.2, -0.15) is 0 Å². The third-order valence-electron chi connectivity index (χ3n) is 11.2. The number of halogens is 5. The van der Waals surface area contributed by atoms with Gasteiger partial charge in [0.15, 0.2) is 26.8 Å². The number of alkyl halides is 2. The molecule has 3 N–H and O–H groups in total. The van der Waals surface area contributed by atoms with Crippen LogP contribution in [-0.2, 0) is 54.6 Å². The predicted octanol–water partition coefficient (Wildman–Crippen LogP) is 9.64. The number of fused-ring (bicyclic) bond motifs is 2. The predicted molar refractivity (Wildman–Crippen MR) is 246 cm³/mol. The molecule has 15 nitrogen and oxygen atoms in total. The first kappa shape index (κ1) is 52.0. The third kappa shape index (κ3) is 10.2. The maximum atomic E-state index is 15.2. The average molecular weight is 1040 g/mol. The second kappa shape index (κ2) is 19.2. The summed E-state index contributed by atoms with van der Waals surface area (Å²) in [5.41, 5.74) is 5.67. The van der Waals surface area contributed by atoms with Gasteiger partial charge in [0.25, 0.3) is 0 Å². The van der Waals surface area contributed by atoms with Crippen molar-refractivity contribution in [2.24, 2.45) is 0 Å². The number of sulfone groups is 3. The molecule has 3 aliphatic heterocycles. The Morgan fingerprint density at radius 3 is 1.41 bits per heavy atom. The Morgan fingerprint density at radius 1 is 0.606 bits per heavy atom. The molecule has 8 rings (SSSR count). The molecular weight excluding hydrogens is 991 g/mol. The molecule has 364 valence electrons. The molecule has 66 heavy (non-hydrogen) atoms. The highest BCUT2D eigenvalue weighted by Crippen LogP contribution is 2.45. The normalized spacial score (nSPS) is 18.6. The van der Waals surface area contributed by atoms with Gasteiger partial charge in [-0.3, -0.25) is 0 Å². The lowest BCUT2D eigenvalue weighted by atomic mass is 9.97. The van der Waals surface area contributed by atoms with E-state index < -0.39 is 60.8 Å². The van der Waals surface area contributed by atoms with E-state index >= 15 is 4.39 Å². The average Bonchev–Trinajstić information content (AvgIpc) is 3.89. The van der Waals surface area contributed by atoms with E-state index in [4.69, 9.17) is 63.6 Å². The summed E-state index contributed by atoms with van der Waals surface area (Å²) in [5.74, 6) is 0.158. The van der Waals surface area contributed by atoms with Crippen LogP contribution in [0.1, 0.15) is 91.8 Å². The summed E-state index contributed by atoms with van der Waals surface area (Å²) in [5, 5.41) is 4.22. The van der Waals surface area contributed by atoms with Crippen LogP contribution in [0.4, 0.5) is 14.5 Å². The fourth-order valence-corrected chi connectivity index (χ4v) is 14.1. The summed E-state index contributed by atoms with van der Waals surface area (Å²) in [7, 11) is -12.4. The van der Waals surface area contributed by atoms with Gasteiger partial charge >= 0.3 is 0 Å². The van der Waals surface area contributed by atoms with Crippen LogP contribution in [0.3, 0.4) is 0 Å². The first-order valence-electron chi connectivity index (χ1n) is 20.9. The molecule has 3 saturated heterocycles. The summed E-state index contributed by atoms with van der Waals surface area (Å²) in [6, 6.07) is 8.72. The largest absolute Gasteiger partial charge is 0.504 e. The van der Waals surface area contributed by atoms with Gasteiger partial charge in [0.1, 0.15) is 25.7 Å². The molecule has 0 amide bonds. The van der Waals surface area contributed by atoms with Gasteiger partial charge in [-0.1, -0.05) is 76.3 Å². The number of aromatic hydroxyl groups is 1. The fourth-order valence-electron chi connectivity index (χ4n) is 7.27. The van der Waals surface area contributed by atoms with Crippen LogP contribution in [0.15, 0.2) is 59.9 Å². The van der Waals surface area contributed by atoms with Gasteiger partial charge in [-0.15, -0.1) is 0 Å². The van der Waals surface area contributed by atoms with Crippen molar-refractivity contribution < 1.29 is 62.2 Å². The first-order chi connectivity index (χ1) is 30.6. The van der Waals surface area contributed by atoms with Crippen molar-refractivity contribution in [2.75, 3.05) is 45.4 Å². The number of phenols is 1. The van der Waals surface area contributed by atoms with Crippen molar-refractivity contribution in [3.63, 3.8) is 0 Å². The number of nitrogen functional groups attached to an aromatic ring is 1. The standard InChI is InChI=1S/C16H19ClFNO4S.C16H20ClNO4S.C11H13ClFNO4S/c1-15(2,3)14-19-11-5-4-10(17)13(12(11)23-14)24(20,21)16(18)6-8-22-9-7-16;1-16(2,3)15-18-12-5-4-11(17)14(13(12)22-15)23(19,20)10-6-8-21-9-7-10;12-7-1-2-8(14)9(15)10(7)19(16,17)11(13)3-5-18-6-4-11/h4-5H,6-9H2,1-3H3;4-5,10H,6-9H2,1-3H3;1-2,15H,3-6,14H2. The molecule has 3 fully saturated rings.